The maximum absolute atomic E-state index is 4.02. The summed E-state index contributed by atoms with van der Waals surface area (Å²) in [7, 11) is 0. The Morgan fingerprint density at radius 2 is 2.00 bits per heavy atom. The standard InChI is InChI=1S/C12H19N3/c1-2-15-9-5-12(6-10-15)14-11-3-7-13-8-4-11/h3-4,7-8,12H,2,5-6,9-10H2,1H3,(H,13,14). The Bertz CT molecular complexity index is 278. The zero-order valence-corrected chi connectivity index (χ0v) is 9.32. The average Bonchev–Trinajstić information content (AvgIpc) is 2.31. The van der Waals surface area contributed by atoms with Crippen LogP contribution >= 0.6 is 0 Å². The lowest BCUT2D eigenvalue weighted by molar-refractivity contribution is 0.229. The van der Waals surface area contributed by atoms with E-state index in [0.29, 0.717) is 6.04 Å². The number of hydrogen-bond acceptors (Lipinski definition) is 3. The van der Waals surface area contributed by atoms with Gasteiger partial charge in [0.2, 0.25) is 0 Å². The van der Waals surface area contributed by atoms with E-state index < -0.39 is 0 Å². The highest BCUT2D eigenvalue weighted by Gasteiger charge is 2.17. The van der Waals surface area contributed by atoms with Gasteiger partial charge in [-0.2, -0.15) is 0 Å². The van der Waals surface area contributed by atoms with Crippen LogP contribution in [0.4, 0.5) is 5.69 Å². The normalized spacial score (nSPS) is 19.0. The molecule has 1 saturated heterocycles. The minimum absolute atomic E-state index is 0.634. The summed E-state index contributed by atoms with van der Waals surface area (Å²) in [6, 6.07) is 4.70. The highest BCUT2D eigenvalue weighted by molar-refractivity contribution is 5.41. The van der Waals surface area contributed by atoms with Gasteiger partial charge in [0.15, 0.2) is 0 Å². The summed E-state index contributed by atoms with van der Waals surface area (Å²) >= 11 is 0. The molecule has 2 rings (SSSR count). The molecule has 0 aliphatic carbocycles. The fourth-order valence-corrected chi connectivity index (χ4v) is 2.08. The van der Waals surface area contributed by atoms with E-state index in [2.05, 4.69) is 22.1 Å². The van der Waals surface area contributed by atoms with Crippen LogP contribution in [-0.2, 0) is 0 Å². The molecule has 1 aromatic rings. The number of nitrogens with zero attached hydrogens (tertiary/aromatic N) is 2. The number of piperidine rings is 1. The van der Waals surface area contributed by atoms with E-state index in [1.807, 2.05) is 24.5 Å². The zero-order valence-electron chi connectivity index (χ0n) is 9.32. The smallest absolute Gasteiger partial charge is 0.0373 e. The second-order valence-corrected chi connectivity index (χ2v) is 4.09. The highest BCUT2D eigenvalue weighted by Crippen LogP contribution is 2.15. The van der Waals surface area contributed by atoms with E-state index in [9.17, 15) is 0 Å². The van der Waals surface area contributed by atoms with Gasteiger partial charge >= 0.3 is 0 Å². The van der Waals surface area contributed by atoms with E-state index in [-0.39, 0.29) is 0 Å². The zero-order chi connectivity index (χ0) is 10.5. The first kappa shape index (κ1) is 10.4. The van der Waals surface area contributed by atoms with Gasteiger partial charge in [-0.05, 0) is 31.5 Å². The van der Waals surface area contributed by atoms with Crippen molar-refractivity contribution >= 4 is 5.69 Å². The van der Waals surface area contributed by atoms with Gasteiger partial charge in [0, 0.05) is 37.2 Å². The Morgan fingerprint density at radius 1 is 1.33 bits per heavy atom. The topological polar surface area (TPSA) is 28.2 Å². The molecule has 0 atom stereocenters. The summed E-state index contributed by atoms with van der Waals surface area (Å²) in [5.74, 6) is 0. The number of hydrogen-bond donors (Lipinski definition) is 1. The fourth-order valence-electron chi connectivity index (χ4n) is 2.08. The first-order valence-electron chi connectivity index (χ1n) is 5.77. The molecule has 1 aromatic heterocycles. The van der Waals surface area contributed by atoms with Crippen LogP contribution in [0.2, 0.25) is 0 Å². The predicted octanol–water partition coefficient (Wildman–Crippen LogP) is 1.98. The average molecular weight is 205 g/mol. The summed E-state index contributed by atoms with van der Waals surface area (Å²) in [4.78, 5) is 6.52. The van der Waals surface area contributed by atoms with Crippen molar-refractivity contribution in [2.75, 3.05) is 25.0 Å². The van der Waals surface area contributed by atoms with Crippen molar-refractivity contribution < 1.29 is 0 Å². The largest absolute Gasteiger partial charge is 0.382 e. The minimum Gasteiger partial charge on any atom is -0.382 e. The van der Waals surface area contributed by atoms with Crippen molar-refractivity contribution in [3.8, 4) is 0 Å². The van der Waals surface area contributed by atoms with Gasteiger partial charge in [-0.25, -0.2) is 0 Å². The summed E-state index contributed by atoms with van der Waals surface area (Å²) in [6.07, 6.45) is 6.17. The van der Waals surface area contributed by atoms with Gasteiger partial charge in [0.1, 0.15) is 0 Å². The van der Waals surface area contributed by atoms with Crippen molar-refractivity contribution in [3.63, 3.8) is 0 Å². The van der Waals surface area contributed by atoms with Gasteiger partial charge in [0.25, 0.3) is 0 Å². The molecule has 0 amide bonds. The van der Waals surface area contributed by atoms with Crippen molar-refractivity contribution in [3.05, 3.63) is 24.5 Å². The van der Waals surface area contributed by atoms with Crippen LogP contribution in [0.15, 0.2) is 24.5 Å². The van der Waals surface area contributed by atoms with Gasteiger partial charge in [-0.15, -0.1) is 0 Å². The molecule has 1 N–H and O–H groups in total. The molecule has 0 saturated carbocycles. The van der Waals surface area contributed by atoms with E-state index in [1.54, 1.807) is 0 Å². The van der Waals surface area contributed by atoms with Crippen LogP contribution in [0.25, 0.3) is 0 Å². The lowest BCUT2D eigenvalue weighted by Gasteiger charge is -2.31. The van der Waals surface area contributed by atoms with E-state index in [1.165, 1.54) is 38.2 Å². The summed E-state index contributed by atoms with van der Waals surface area (Å²) in [5.41, 5.74) is 1.19. The van der Waals surface area contributed by atoms with Crippen LogP contribution in [0, 0.1) is 0 Å². The number of likely N-dealkylation sites (tertiary alicyclic amines) is 1. The van der Waals surface area contributed by atoms with Crippen LogP contribution in [-0.4, -0.2) is 35.6 Å². The minimum atomic E-state index is 0.634. The molecule has 15 heavy (non-hydrogen) atoms. The lowest BCUT2D eigenvalue weighted by Crippen LogP contribution is -2.38. The molecule has 0 radical (unpaired) electrons. The second-order valence-electron chi connectivity index (χ2n) is 4.09. The monoisotopic (exact) mass is 205 g/mol. The number of nitrogens with one attached hydrogen (secondary N) is 1. The van der Waals surface area contributed by atoms with Crippen LogP contribution in [0.5, 0.6) is 0 Å². The van der Waals surface area contributed by atoms with E-state index >= 15 is 0 Å². The first-order valence-corrected chi connectivity index (χ1v) is 5.77. The molecule has 1 aliphatic rings. The predicted molar refractivity (Wildman–Crippen MR) is 63.0 cm³/mol. The SMILES string of the molecule is CCN1CCC(Nc2ccncc2)CC1. The molecule has 3 heteroatoms. The molecule has 0 bridgehead atoms. The van der Waals surface area contributed by atoms with Crippen LogP contribution in [0.1, 0.15) is 19.8 Å². The Hall–Kier alpha value is -1.09. The Balaban J connectivity index is 1.82. The van der Waals surface area contributed by atoms with Gasteiger partial charge in [-0.3, -0.25) is 4.98 Å². The van der Waals surface area contributed by atoms with Gasteiger partial charge in [-0.1, -0.05) is 6.92 Å². The molecular weight excluding hydrogens is 186 g/mol. The third-order valence-electron chi connectivity index (χ3n) is 3.09. The first-order chi connectivity index (χ1) is 7.38. The van der Waals surface area contributed by atoms with Crippen LogP contribution in [0.3, 0.4) is 0 Å². The third-order valence-corrected chi connectivity index (χ3v) is 3.09. The fraction of sp³-hybridized carbons (Fsp3) is 0.583. The summed E-state index contributed by atoms with van der Waals surface area (Å²) in [5, 5.41) is 3.56. The second kappa shape index (κ2) is 5.12. The molecule has 82 valence electrons. The maximum atomic E-state index is 4.02. The Labute approximate surface area is 91.5 Å². The molecule has 3 nitrogen and oxygen atoms in total. The number of anilines is 1. The van der Waals surface area contributed by atoms with E-state index in [4.69, 9.17) is 0 Å². The van der Waals surface area contributed by atoms with E-state index in [0.717, 1.165) is 0 Å². The lowest BCUT2D eigenvalue weighted by atomic mass is 10.0. The van der Waals surface area contributed by atoms with Gasteiger partial charge < -0.3 is 10.2 Å². The Morgan fingerprint density at radius 3 is 2.60 bits per heavy atom. The van der Waals surface area contributed by atoms with Crippen molar-refractivity contribution in [2.45, 2.75) is 25.8 Å². The highest BCUT2D eigenvalue weighted by atomic mass is 15.1. The number of rotatable bonds is 3. The molecule has 0 unspecified atom stereocenters. The molecule has 2 heterocycles. The van der Waals surface area contributed by atoms with Gasteiger partial charge in [0.05, 0.1) is 0 Å². The quantitative estimate of drug-likeness (QED) is 0.818. The summed E-state index contributed by atoms with van der Waals surface area (Å²) in [6.45, 7) is 5.86. The number of pyridine rings is 1. The summed E-state index contributed by atoms with van der Waals surface area (Å²) < 4.78 is 0. The third kappa shape index (κ3) is 2.93. The van der Waals surface area contributed by atoms with Crippen molar-refractivity contribution in [1.82, 2.24) is 9.88 Å². The molecular formula is C12H19N3. The van der Waals surface area contributed by atoms with Crippen molar-refractivity contribution in [1.29, 1.82) is 0 Å². The molecule has 0 aromatic carbocycles. The van der Waals surface area contributed by atoms with Crippen molar-refractivity contribution in [2.24, 2.45) is 0 Å². The Kier molecular flexibility index (Phi) is 3.56. The number of aromatic nitrogens is 1. The molecule has 0 spiro atoms. The molecule has 1 fully saturated rings. The molecule has 1 aliphatic heterocycles. The maximum Gasteiger partial charge on any atom is 0.0373 e. The van der Waals surface area contributed by atoms with Crippen LogP contribution < -0.4 is 5.32 Å².